The van der Waals surface area contributed by atoms with Crippen LogP contribution < -0.4 is 5.32 Å². The average molecular weight is 284 g/mol. The highest BCUT2D eigenvalue weighted by Gasteiger charge is 2.22. The summed E-state index contributed by atoms with van der Waals surface area (Å²) in [5, 5.41) is 3.02. The number of aryl methyl sites for hydroxylation is 1. The maximum absolute atomic E-state index is 12.4. The van der Waals surface area contributed by atoms with Crippen LogP contribution in [-0.4, -0.2) is 17.5 Å². The van der Waals surface area contributed by atoms with Gasteiger partial charge in [0.2, 0.25) is 0 Å². The van der Waals surface area contributed by atoms with Crippen LogP contribution in [0.2, 0.25) is 0 Å². The Morgan fingerprint density at radius 2 is 2.24 bits per heavy atom. The zero-order chi connectivity index (χ0) is 14.8. The van der Waals surface area contributed by atoms with Crippen LogP contribution in [0, 0.1) is 6.92 Å². The first-order valence-electron chi connectivity index (χ1n) is 7.30. The minimum absolute atomic E-state index is 0.0177. The van der Waals surface area contributed by atoms with Crippen molar-refractivity contribution in [1.29, 1.82) is 0 Å². The van der Waals surface area contributed by atoms with Crippen molar-refractivity contribution in [2.24, 2.45) is 0 Å². The van der Waals surface area contributed by atoms with E-state index in [9.17, 15) is 4.79 Å². The molecule has 1 aromatic heterocycles. The number of urea groups is 1. The maximum Gasteiger partial charge on any atom is 0.318 e. The molecule has 0 spiro atoms. The molecule has 2 amide bonds. The molecular weight excluding hydrogens is 264 g/mol. The lowest BCUT2D eigenvalue weighted by Crippen LogP contribution is -2.43. The van der Waals surface area contributed by atoms with Crippen LogP contribution in [0.1, 0.15) is 35.2 Å². The summed E-state index contributed by atoms with van der Waals surface area (Å²) in [7, 11) is 0. The molecule has 0 fully saturated rings. The number of carbonyl (C=O) groups is 1. The first kappa shape index (κ1) is 13.7. The van der Waals surface area contributed by atoms with Gasteiger partial charge in [0, 0.05) is 18.7 Å². The summed E-state index contributed by atoms with van der Waals surface area (Å²) in [4.78, 5) is 14.3. The third-order valence-corrected chi connectivity index (χ3v) is 4.17. The van der Waals surface area contributed by atoms with Crippen molar-refractivity contribution in [2.45, 2.75) is 32.9 Å². The molecule has 2 heterocycles. The van der Waals surface area contributed by atoms with Gasteiger partial charge in [-0.05, 0) is 43.0 Å². The maximum atomic E-state index is 12.4. The van der Waals surface area contributed by atoms with Crippen LogP contribution in [0.25, 0.3) is 0 Å². The Hall–Kier alpha value is -2.23. The van der Waals surface area contributed by atoms with E-state index in [1.54, 1.807) is 12.5 Å². The second-order valence-electron chi connectivity index (χ2n) is 5.61. The van der Waals surface area contributed by atoms with Gasteiger partial charge < -0.3 is 14.6 Å². The van der Waals surface area contributed by atoms with E-state index in [0.717, 1.165) is 18.5 Å². The third-order valence-electron chi connectivity index (χ3n) is 4.17. The average Bonchev–Trinajstić information content (AvgIpc) is 3.01. The molecule has 3 rings (SSSR count). The zero-order valence-electron chi connectivity index (χ0n) is 12.4. The largest absolute Gasteiger partial charge is 0.472 e. The second-order valence-corrected chi connectivity index (χ2v) is 5.61. The Labute approximate surface area is 124 Å². The minimum Gasteiger partial charge on any atom is -0.472 e. The fourth-order valence-corrected chi connectivity index (χ4v) is 2.85. The number of nitrogens with zero attached hydrogens (tertiary/aromatic N) is 1. The molecule has 2 aromatic rings. The van der Waals surface area contributed by atoms with Gasteiger partial charge in [-0.1, -0.05) is 18.2 Å². The Kier molecular flexibility index (Phi) is 3.69. The van der Waals surface area contributed by atoms with E-state index in [1.165, 1.54) is 16.7 Å². The van der Waals surface area contributed by atoms with Gasteiger partial charge in [0.05, 0.1) is 18.6 Å². The number of amides is 2. The Bertz CT molecular complexity index is 634. The molecule has 21 heavy (non-hydrogen) atoms. The van der Waals surface area contributed by atoms with Crippen molar-refractivity contribution in [3.8, 4) is 0 Å². The van der Waals surface area contributed by atoms with E-state index >= 15 is 0 Å². The number of nitrogens with one attached hydrogen (secondary N) is 1. The van der Waals surface area contributed by atoms with Crippen LogP contribution >= 0.6 is 0 Å². The SMILES string of the molecule is Cc1cccc2c1CCN(C(=O)N[C@@H](C)c1ccoc1)C2. The molecule has 110 valence electrons. The van der Waals surface area contributed by atoms with E-state index in [-0.39, 0.29) is 12.1 Å². The molecule has 1 aliphatic heterocycles. The Morgan fingerprint density at radius 1 is 1.38 bits per heavy atom. The first-order chi connectivity index (χ1) is 10.1. The van der Waals surface area contributed by atoms with E-state index < -0.39 is 0 Å². The molecule has 0 radical (unpaired) electrons. The molecule has 4 nitrogen and oxygen atoms in total. The summed E-state index contributed by atoms with van der Waals surface area (Å²) < 4.78 is 5.06. The molecular formula is C17H20N2O2. The molecule has 0 saturated heterocycles. The molecule has 0 bridgehead atoms. The normalized spacial score (nSPS) is 15.4. The lowest BCUT2D eigenvalue weighted by molar-refractivity contribution is 0.189. The highest BCUT2D eigenvalue weighted by atomic mass is 16.3. The van der Waals surface area contributed by atoms with Gasteiger partial charge in [-0.15, -0.1) is 0 Å². The van der Waals surface area contributed by atoms with Crippen LogP contribution in [0.4, 0.5) is 4.79 Å². The summed E-state index contributed by atoms with van der Waals surface area (Å²) in [5.74, 6) is 0. The minimum atomic E-state index is -0.0462. The molecule has 1 aromatic carbocycles. The lowest BCUT2D eigenvalue weighted by Gasteiger charge is -2.30. The van der Waals surface area contributed by atoms with Crippen molar-refractivity contribution >= 4 is 6.03 Å². The predicted molar refractivity (Wildman–Crippen MR) is 80.9 cm³/mol. The topological polar surface area (TPSA) is 45.5 Å². The Balaban J connectivity index is 1.67. The first-order valence-corrected chi connectivity index (χ1v) is 7.30. The van der Waals surface area contributed by atoms with Gasteiger partial charge in [0.15, 0.2) is 0 Å². The number of hydrogen-bond donors (Lipinski definition) is 1. The zero-order valence-corrected chi connectivity index (χ0v) is 12.4. The number of furan rings is 1. The number of benzene rings is 1. The molecule has 1 N–H and O–H groups in total. The van der Waals surface area contributed by atoms with E-state index in [4.69, 9.17) is 4.42 Å². The van der Waals surface area contributed by atoms with Gasteiger partial charge in [-0.2, -0.15) is 0 Å². The van der Waals surface area contributed by atoms with Gasteiger partial charge in [-0.3, -0.25) is 0 Å². The van der Waals surface area contributed by atoms with Gasteiger partial charge in [-0.25, -0.2) is 4.79 Å². The number of rotatable bonds is 2. The molecule has 1 aliphatic rings. The van der Waals surface area contributed by atoms with Gasteiger partial charge >= 0.3 is 6.03 Å². The van der Waals surface area contributed by atoms with Crippen molar-refractivity contribution in [1.82, 2.24) is 10.2 Å². The second kappa shape index (κ2) is 5.64. The van der Waals surface area contributed by atoms with E-state index in [2.05, 4.69) is 30.4 Å². The van der Waals surface area contributed by atoms with Crippen molar-refractivity contribution in [3.05, 3.63) is 59.0 Å². The van der Waals surface area contributed by atoms with Crippen molar-refractivity contribution in [2.75, 3.05) is 6.54 Å². The van der Waals surface area contributed by atoms with Crippen molar-refractivity contribution in [3.63, 3.8) is 0 Å². The Morgan fingerprint density at radius 3 is 3.00 bits per heavy atom. The third kappa shape index (κ3) is 2.79. The lowest BCUT2D eigenvalue weighted by atomic mass is 9.95. The fourth-order valence-electron chi connectivity index (χ4n) is 2.85. The quantitative estimate of drug-likeness (QED) is 0.918. The van der Waals surface area contributed by atoms with Crippen LogP contribution in [0.15, 0.2) is 41.2 Å². The standard InChI is InChI=1S/C17H20N2O2/c1-12-4-3-5-14-10-19(8-6-16(12)14)17(20)18-13(2)15-7-9-21-11-15/h3-5,7,9,11,13H,6,8,10H2,1-2H3,(H,18,20)/t13-/m0/s1. The summed E-state index contributed by atoms with van der Waals surface area (Å²) in [6.45, 7) is 5.54. The fraction of sp³-hybridized carbons (Fsp3) is 0.353. The highest BCUT2D eigenvalue weighted by molar-refractivity contribution is 5.75. The van der Waals surface area contributed by atoms with Gasteiger partial charge in [0.1, 0.15) is 0 Å². The van der Waals surface area contributed by atoms with Crippen molar-refractivity contribution < 1.29 is 9.21 Å². The number of hydrogen-bond acceptors (Lipinski definition) is 2. The monoisotopic (exact) mass is 284 g/mol. The smallest absolute Gasteiger partial charge is 0.318 e. The molecule has 0 aliphatic carbocycles. The molecule has 0 unspecified atom stereocenters. The van der Waals surface area contributed by atoms with Gasteiger partial charge in [0.25, 0.3) is 0 Å². The summed E-state index contributed by atoms with van der Waals surface area (Å²) in [6.07, 6.45) is 4.22. The molecule has 1 atom stereocenters. The number of fused-ring (bicyclic) bond motifs is 1. The molecule has 4 heteroatoms. The summed E-state index contributed by atoms with van der Waals surface area (Å²) in [6, 6.07) is 8.12. The highest BCUT2D eigenvalue weighted by Crippen LogP contribution is 2.22. The van der Waals surface area contributed by atoms with E-state index in [1.807, 2.05) is 17.9 Å². The van der Waals surface area contributed by atoms with Crippen LogP contribution in [-0.2, 0) is 13.0 Å². The molecule has 0 saturated carbocycles. The van der Waals surface area contributed by atoms with Crippen LogP contribution in [0.3, 0.4) is 0 Å². The van der Waals surface area contributed by atoms with Crippen LogP contribution in [0.5, 0.6) is 0 Å². The predicted octanol–water partition coefficient (Wildman–Crippen LogP) is 3.42. The summed E-state index contributed by atoms with van der Waals surface area (Å²) in [5.41, 5.74) is 4.95. The number of carbonyl (C=O) groups excluding carboxylic acids is 1. The summed E-state index contributed by atoms with van der Waals surface area (Å²) >= 11 is 0. The van der Waals surface area contributed by atoms with E-state index in [0.29, 0.717) is 6.54 Å².